The van der Waals surface area contributed by atoms with Crippen LogP contribution in [0.25, 0.3) is 17.4 Å². The number of halogens is 1. The minimum Gasteiger partial charge on any atom is -0.457 e. The molecule has 0 aliphatic heterocycles. The number of furan rings is 1. The maximum absolute atomic E-state index is 12.4. The van der Waals surface area contributed by atoms with Crippen molar-refractivity contribution in [1.29, 1.82) is 5.26 Å². The molecule has 132 valence electrons. The zero-order chi connectivity index (χ0) is 19.4. The number of nitriles is 1. The molecule has 0 spiro atoms. The molecule has 27 heavy (non-hydrogen) atoms. The Labute approximate surface area is 162 Å². The Morgan fingerprint density at radius 3 is 2.52 bits per heavy atom. The number of non-ortho nitro benzene ring substituents is 1. The van der Waals surface area contributed by atoms with E-state index in [1.165, 1.54) is 18.2 Å². The van der Waals surface area contributed by atoms with Crippen LogP contribution in [0.5, 0.6) is 0 Å². The van der Waals surface area contributed by atoms with Crippen LogP contribution in [-0.4, -0.2) is 10.7 Å². The van der Waals surface area contributed by atoms with Gasteiger partial charge in [-0.3, -0.25) is 14.9 Å². The number of hydrogen-bond donors (Lipinski definition) is 0. The lowest BCUT2D eigenvalue weighted by atomic mass is 10.0. The fourth-order valence-electron chi connectivity index (χ4n) is 2.43. The van der Waals surface area contributed by atoms with Gasteiger partial charge in [-0.2, -0.15) is 5.26 Å². The second-order valence-corrected chi connectivity index (χ2v) is 6.34. The molecular formula is C20H11BrN2O4. The summed E-state index contributed by atoms with van der Waals surface area (Å²) in [6.45, 7) is 0. The van der Waals surface area contributed by atoms with E-state index >= 15 is 0 Å². The SMILES string of the molecule is N#CC(=Cc1ccc(-c2ccc([N+](=O)[O-])cc2Br)o1)C(=O)c1ccccc1. The highest BCUT2D eigenvalue weighted by molar-refractivity contribution is 9.10. The molecule has 0 aliphatic carbocycles. The number of ketones is 1. The number of allylic oxidation sites excluding steroid dienone is 1. The van der Waals surface area contributed by atoms with Gasteiger partial charge in [-0.05, 0) is 34.1 Å². The molecule has 0 unspecified atom stereocenters. The lowest BCUT2D eigenvalue weighted by molar-refractivity contribution is -0.384. The molecule has 0 bridgehead atoms. The molecule has 6 nitrogen and oxygen atoms in total. The summed E-state index contributed by atoms with van der Waals surface area (Å²) in [4.78, 5) is 22.8. The van der Waals surface area contributed by atoms with E-state index in [-0.39, 0.29) is 11.3 Å². The zero-order valence-corrected chi connectivity index (χ0v) is 15.3. The second kappa shape index (κ2) is 7.81. The molecule has 0 amide bonds. The molecule has 0 N–H and O–H groups in total. The highest BCUT2D eigenvalue weighted by Gasteiger charge is 2.15. The number of benzene rings is 2. The van der Waals surface area contributed by atoms with Crippen molar-refractivity contribution in [3.63, 3.8) is 0 Å². The summed E-state index contributed by atoms with van der Waals surface area (Å²) >= 11 is 3.29. The fraction of sp³-hybridized carbons (Fsp3) is 0. The Hall–Kier alpha value is -3.50. The number of nitrogens with zero attached hydrogens (tertiary/aromatic N) is 2. The summed E-state index contributed by atoms with van der Waals surface area (Å²) < 4.78 is 6.19. The third-order valence-corrected chi connectivity index (χ3v) is 4.40. The predicted molar refractivity (Wildman–Crippen MR) is 103 cm³/mol. The molecule has 2 aromatic carbocycles. The van der Waals surface area contributed by atoms with Crippen LogP contribution in [0.4, 0.5) is 5.69 Å². The molecule has 0 saturated heterocycles. The average Bonchev–Trinajstić information content (AvgIpc) is 3.14. The second-order valence-electron chi connectivity index (χ2n) is 5.49. The molecule has 0 fully saturated rings. The van der Waals surface area contributed by atoms with E-state index in [1.807, 2.05) is 6.07 Å². The minimum absolute atomic E-state index is 0.0440. The average molecular weight is 423 g/mol. The van der Waals surface area contributed by atoms with Gasteiger partial charge in [0.05, 0.1) is 4.92 Å². The number of nitro groups is 1. The van der Waals surface area contributed by atoms with Crippen LogP contribution < -0.4 is 0 Å². The predicted octanol–water partition coefficient (Wildman–Crippen LogP) is 5.41. The maximum Gasteiger partial charge on any atom is 0.270 e. The van der Waals surface area contributed by atoms with E-state index in [9.17, 15) is 20.2 Å². The van der Waals surface area contributed by atoms with Gasteiger partial charge in [-0.1, -0.05) is 30.3 Å². The largest absolute Gasteiger partial charge is 0.457 e. The standard InChI is InChI=1S/C20H11BrN2O4/c21-18-11-15(23(25)26)6-8-17(18)19-9-7-16(27-19)10-14(12-22)20(24)13-4-2-1-3-5-13/h1-11H. The summed E-state index contributed by atoms with van der Waals surface area (Å²) in [5, 5.41) is 20.1. The normalized spacial score (nSPS) is 11.0. The van der Waals surface area contributed by atoms with Crippen LogP contribution in [-0.2, 0) is 0 Å². The monoisotopic (exact) mass is 422 g/mol. The summed E-state index contributed by atoms with van der Waals surface area (Å²) in [6, 6.07) is 18.0. The molecule has 0 saturated carbocycles. The zero-order valence-electron chi connectivity index (χ0n) is 13.8. The molecule has 0 aliphatic rings. The van der Waals surface area contributed by atoms with Crippen LogP contribution in [0.2, 0.25) is 0 Å². The number of Topliss-reactive ketones (excluding diaryl/α,β-unsaturated/α-hetero) is 1. The summed E-state index contributed by atoms with van der Waals surface area (Å²) in [5.41, 5.74) is 0.936. The molecule has 0 atom stereocenters. The third-order valence-electron chi connectivity index (χ3n) is 3.74. The molecule has 3 rings (SSSR count). The Bertz CT molecular complexity index is 1090. The Kier molecular flexibility index (Phi) is 5.29. The molecule has 0 radical (unpaired) electrons. The van der Waals surface area contributed by atoms with Crippen LogP contribution >= 0.6 is 15.9 Å². The van der Waals surface area contributed by atoms with E-state index in [0.717, 1.165) is 0 Å². The van der Waals surface area contributed by atoms with Gasteiger partial charge in [-0.15, -0.1) is 0 Å². The first kappa shape index (κ1) is 18.3. The number of nitro benzene ring substituents is 1. The summed E-state index contributed by atoms with van der Waals surface area (Å²) in [6.07, 6.45) is 1.37. The Balaban J connectivity index is 1.91. The van der Waals surface area contributed by atoms with E-state index < -0.39 is 10.7 Å². The molecule has 3 aromatic rings. The summed E-state index contributed by atoms with van der Waals surface area (Å²) in [7, 11) is 0. The Morgan fingerprint density at radius 1 is 1.15 bits per heavy atom. The van der Waals surface area contributed by atoms with Crippen molar-refractivity contribution < 1.29 is 14.1 Å². The topological polar surface area (TPSA) is 97.1 Å². The van der Waals surface area contributed by atoms with Gasteiger partial charge in [0.1, 0.15) is 23.2 Å². The summed E-state index contributed by atoms with van der Waals surface area (Å²) in [5.74, 6) is 0.385. The molecule has 1 heterocycles. The quantitative estimate of drug-likeness (QED) is 0.180. The van der Waals surface area contributed by atoms with E-state index in [1.54, 1.807) is 48.5 Å². The van der Waals surface area contributed by atoms with Crippen LogP contribution in [0.15, 0.2) is 75.1 Å². The Morgan fingerprint density at radius 2 is 1.89 bits per heavy atom. The van der Waals surface area contributed by atoms with E-state index in [0.29, 0.717) is 27.1 Å². The van der Waals surface area contributed by atoms with Gasteiger partial charge in [-0.25, -0.2) is 0 Å². The first-order valence-electron chi connectivity index (χ1n) is 7.75. The van der Waals surface area contributed by atoms with Gasteiger partial charge in [0, 0.05) is 33.8 Å². The van der Waals surface area contributed by atoms with Crippen LogP contribution in [0.1, 0.15) is 16.1 Å². The highest BCUT2D eigenvalue weighted by Crippen LogP contribution is 2.33. The molecule has 7 heteroatoms. The fourth-order valence-corrected chi connectivity index (χ4v) is 2.99. The third kappa shape index (κ3) is 4.02. The van der Waals surface area contributed by atoms with Crippen molar-refractivity contribution in [3.05, 3.63) is 92.1 Å². The van der Waals surface area contributed by atoms with Gasteiger partial charge >= 0.3 is 0 Å². The molecular weight excluding hydrogens is 412 g/mol. The van der Waals surface area contributed by atoms with Crippen molar-refractivity contribution in [2.45, 2.75) is 0 Å². The van der Waals surface area contributed by atoms with E-state index in [4.69, 9.17) is 4.42 Å². The van der Waals surface area contributed by atoms with Crippen molar-refractivity contribution in [2.75, 3.05) is 0 Å². The lowest BCUT2D eigenvalue weighted by Crippen LogP contribution is -2.01. The minimum atomic E-state index is -0.487. The van der Waals surface area contributed by atoms with E-state index in [2.05, 4.69) is 15.9 Å². The van der Waals surface area contributed by atoms with Gasteiger partial charge < -0.3 is 4.42 Å². The van der Waals surface area contributed by atoms with Gasteiger partial charge in [0.15, 0.2) is 0 Å². The maximum atomic E-state index is 12.4. The van der Waals surface area contributed by atoms with Gasteiger partial charge in [0.2, 0.25) is 5.78 Å². The number of rotatable bonds is 5. The number of carbonyl (C=O) groups is 1. The number of carbonyl (C=O) groups excluding carboxylic acids is 1. The lowest BCUT2D eigenvalue weighted by Gasteiger charge is -2.01. The first-order chi connectivity index (χ1) is 13.0. The first-order valence-corrected chi connectivity index (χ1v) is 8.54. The highest BCUT2D eigenvalue weighted by atomic mass is 79.9. The smallest absolute Gasteiger partial charge is 0.270 e. The van der Waals surface area contributed by atoms with Crippen molar-refractivity contribution in [1.82, 2.24) is 0 Å². The molecule has 1 aromatic heterocycles. The van der Waals surface area contributed by atoms with Crippen molar-refractivity contribution >= 4 is 33.5 Å². The number of hydrogen-bond acceptors (Lipinski definition) is 5. The van der Waals surface area contributed by atoms with Crippen molar-refractivity contribution in [3.8, 4) is 17.4 Å². The van der Waals surface area contributed by atoms with Gasteiger partial charge in [0.25, 0.3) is 5.69 Å². The van der Waals surface area contributed by atoms with Crippen LogP contribution in [0.3, 0.4) is 0 Å². The van der Waals surface area contributed by atoms with Crippen LogP contribution in [0, 0.1) is 21.4 Å². The van der Waals surface area contributed by atoms with Crippen molar-refractivity contribution in [2.24, 2.45) is 0 Å².